The van der Waals surface area contributed by atoms with Crippen LogP contribution in [-0.4, -0.2) is 52.9 Å². The van der Waals surface area contributed by atoms with Gasteiger partial charge in [-0.05, 0) is 32.4 Å². The Kier molecular flexibility index (Phi) is 6.80. The number of anilines is 1. The summed E-state index contributed by atoms with van der Waals surface area (Å²) in [6.45, 7) is 10.6. The van der Waals surface area contributed by atoms with E-state index in [0.717, 1.165) is 54.7 Å². The maximum atomic E-state index is 12.8. The zero-order valence-electron chi connectivity index (χ0n) is 18.5. The van der Waals surface area contributed by atoms with Gasteiger partial charge in [-0.3, -0.25) is 14.6 Å². The minimum Gasteiger partial charge on any atom is -0.324 e. The van der Waals surface area contributed by atoms with Crippen LogP contribution < -0.4 is 5.32 Å². The van der Waals surface area contributed by atoms with Crippen molar-refractivity contribution in [2.75, 3.05) is 31.5 Å². The molecule has 6 heteroatoms. The fourth-order valence-corrected chi connectivity index (χ4v) is 4.80. The molecule has 162 valence electrons. The number of carbonyl (C=O) groups excluding carboxylic acids is 1. The lowest BCUT2D eigenvalue weighted by molar-refractivity contribution is -0.121. The number of piperazine rings is 1. The van der Waals surface area contributed by atoms with Crippen molar-refractivity contribution in [3.8, 4) is 10.6 Å². The number of thiazole rings is 1. The highest BCUT2D eigenvalue weighted by Crippen LogP contribution is 2.24. The van der Waals surface area contributed by atoms with Gasteiger partial charge in [0.1, 0.15) is 5.01 Å². The molecule has 1 aromatic heterocycles. The van der Waals surface area contributed by atoms with E-state index in [-0.39, 0.29) is 11.9 Å². The van der Waals surface area contributed by atoms with Crippen LogP contribution in [0.2, 0.25) is 0 Å². The van der Waals surface area contributed by atoms with Gasteiger partial charge >= 0.3 is 0 Å². The molecule has 31 heavy (non-hydrogen) atoms. The summed E-state index contributed by atoms with van der Waals surface area (Å²) >= 11 is 1.70. The highest BCUT2D eigenvalue weighted by atomic mass is 32.1. The van der Waals surface area contributed by atoms with Gasteiger partial charge in [-0.25, -0.2) is 4.98 Å². The van der Waals surface area contributed by atoms with Crippen LogP contribution >= 0.6 is 11.3 Å². The Morgan fingerprint density at radius 1 is 1.10 bits per heavy atom. The summed E-state index contributed by atoms with van der Waals surface area (Å²) in [7, 11) is 0. The SMILES string of the molecule is Cc1ccc(NC(=O)C(C)N2CCN(Cc3csc(-c4ccccc4)n3)CC2)c(C)c1. The number of benzene rings is 2. The summed E-state index contributed by atoms with van der Waals surface area (Å²) in [4.78, 5) is 22.3. The van der Waals surface area contributed by atoms with Crippen molar-refractivity contribution in [3.05, 3.63) is 70.7 Å². The van der Waals surface area contributed by atoms with E-state index in [1.165, 1.54) is 11.1 Å². The molecule has 2 aromatic carbocycles. The van der Waals surface area contributed by atoms with Crippen molar-refractivity contribution in [2.45, 2.75) is 33.4 Å². The molecule has 1 saturated heterocycles. The van der Waals surface area contributed by atoms with Crippen LogP contribution in [0.3, 0.4) is 0 Å². The number of nitrogens with one attached hydrogen (secondary N) is 1. The Bertz CT molecular complexity index is 1030. The lowest BCUT2D eigenvalue weighted by Crippen LogP contribution is -2.52. The quantitative estimate of drug-likeness (QED) is 0.617. The van der Waals surface area contributed by atoms with Crippen LogP contribution in [0, 0.1) is 13.8 Å². The lowest BCUT2D eigenvalue weighted by Gasteiger charge is -2.37. The summed E-state index contributed by atoms with van der Waals surface area (Å²) in [5.41, 5.74) is 5.50. The van der Waals surface area contributed by atoms with E-state index in [1.807, 2.05) is 44.2 Å². The number of amides is 1. The number of nitrogens with zero attached hydrogens (tertiary/aromatic N) is 3. The molecule has 4 rings (SSSR count). The molecule has 0 saturated carbocycles. The molecule has 0 bridgehead atoms. The third-order valence-corrected chi connectivity index (χ3v) is 6.87. The molecular weight excluding hydrogens is 404 g/mol. The zero-order chi connectivity index (χ0) is 21.8. The fraction of sp³-hybridized carbons (Fsp3) is 0.360. The molecule has 5 nitrogen and oxygen atoms in total. The molecule has 1 aliphatic heterocycles. The molecule has 1 fully saturated rings. The maximum Gasteiger partial charge on any atom is 0.241 e. The largest absolute Gasteiger partial charge is 0.324 e. The van der Waals surface area contributed by atoms with E-state index in [2.05, 4.69) is 45.6 Å². The molecule has 1 N–H and O–H groups in total. The molecular formula is C25H30N4OS. The first-order valence-electron chi connectivity index (χ1n) is 10.8. The number of aryl methyl sites for hydroxylation is 2. The van der Waals surface area contributed by atoms with Gasteiger partial charge in [-0.1, -0.05) is 48.0 Å². The van der Waals surface area contributed by atoms with Gasteiger partial charge in [0.25, 0.3) is 0 Å². The Morgan fingerprint density at radius 3 is 2.55 bits per heavy atom. The summed E-state index contributed by atoms with van der Waals surface area (Å²) in [6, 6.07) is 16.3. The number of hydrogen-bond donors (Lipinski definition) is 1. The summed E-state index contributed by atoms with van der Waals surface area (Å²) in [5, 5.41) is 6.34. The first-order valence-corrected chi connectivity index (χ1v) is 11.7. The molecule has 0 radical (unpaired) electrons. The van der Waals surface area contributed by atoms with Crippen molar-refractivity contribution in [2.24, 2.45) is 0 Å². The average Bonchev–Trinajstić information content (AvgIpc) is 3.25. The molecule has 0 spiro atoms. The van der Waals surface area contributed by atoms with E-state index >= 15 is 0 Å². The molecule has 1 atom stereocenters. The predicted octanol–water partition coefficient (Wildman–Crippen LogP) is 4.57. The van der Waals surface area contributed by atoms with Crippen LogP contribution in [0.5, 0.6) is 0 Å². The molecule has 1 aliphatic rings. The topological polar surface area (TPSA) is 48.5 Å². The number of rotatable bonds is 6. The van der Waals surface area contributed by atoms with E-state index in [1.54, 1.807) is 11.3 Å². The molecule has 2 heterocycles. The second kappa shape index (κ2) is 9.73. The van der Waals surface area contributed by atoms with Crippen molar-refractivity contribution in [1.29, 1.82) is 0 Å². The van der Waals surface area contributed by atoms with Crippen molar-refractivity contribution >= 4 is 22.9 Å². The maximum absolute atomic E-state index is 12.8. The number of carbonyl (C=O) groups is 1. The van der Waals surface area contributed by atoms with Gasteiger partial charge < -0.3 is 5.32 Å². The lowest BCUT2D eigenvalue weighted by atomic mass is 10.1. The van der Waals surface area contributed by atoms with Crippen LogP contribution in [0.1, 0.15) is 23.7 Å². The smallest absolute Gasteiger partial charge is 0.241 e. The standard InChI is InChI=1S/C25H30N4OS/c1-18-9-10-23(19(2)15-18)27-24(30)20(3)29-13-11-28(12-14-29)16-22-17-31-25(26-22)21-7-5-4-6-8-21/h4-10,15,17,20H,11-14,16H2,1-3H3,(H,27,30). The van der Waals surface area contributed by atoms with E-state index in [4.69, 9.17) is 4.98 Å². The van der Waals surface area contributed by atoms with Gasteiger partial charge in [0, 0.05) is 49.4 Å². The van der Waals surface area contributed by atoms with E-state index in [0.29, 0.717) is 0 Å². The first kappa shape index (κ1) is 21.7. The second-order valence-corrected chi connectivity index (χ2v) is 9.16. The fourth-order valence-electron chi connectivity index (χ4n) is 3.99. The highest BCUT2D eigenvalue weighted by molar-refractivity contribution is 7.13. The normalized spacial score (nSPS) is 16.2. The molecule has 0 aliphatic carbocycles. The zero-order valence-corrected chi connectivity index (χ0v) is 19.3. The van der Waals surface area contributed by atoms with E-state index in [9.17, 15) is 4.79 Å². The third-order valence-electron chi connectivity index (χ3n) is 5.93. The highest BCUT2D eigenvalue weighted by Gasteiger charge is 2.26. The third kappa shape index (κ3) is 5.39. The minimum atomic E-state index is -0.146. The van der Waals surface area contributed by atoms with Gasteiger partial charge in [0.05, 0.1) is 11.7 Å². The van der Waals surface area contributed by atoms with Crippen LogP contribution in [-0.2, 0) is 11.3 Å². The Morgan fingerprint density at radius 2 is 1.84 bits per heavy atom. The van der Waals surface area contributed by atoms with Crippen molar-refractivity contribution in [3.63, 3.8) is 0 Å². The monoisotopic (exact) mass is 434 g/mol. The Labute approximate surface area is 188 Å². The molecule has 1 amide bonds. The number of aromatic nitrogens is 1. The molecule has 1 unspecified atom stereocenters. The van der Waals surface area contributed by atoms with Crippen LogP contribution in [0.4, 0.5) is 5.69 Å². The molecule has 3 aromatic rings. The summed E-state index contributed by atoms with van der Waals surface area (Å²) in [5.74, 6) is 0.0624. The van der Waals surface area contributed by atoms with Crippen LogP contribution in [0.15, 0.2) is 53.9 Å². The van der Waals surface area contributed by atoms with Gasteiger partial charge in [0.2, 0.25) is 5.91 Å². The predicted molar refractivity (Wildman–Crippen MR) is 128 cm³/mol. The summed E-state index contributed by atoms with van der Waals surface area (Å²) in [6.07, 6.45) is 0. The van der Waals surface area contributed by atoms with Gasteiger partial charge in [0.15, 0.2) is 0 Å². The average molecular weight is 435 g/mol. The van der Waals surface area contributed by atoms with Crippen molar-refractivity contribution < 1.29 is 4.79 Å². The number of hydrogen-bond acceptors (Lipinski definition) is 5. The van der Waals surface area contributed by atoms with Crippen LogP contribution in [0.25, 0.3) is 10.6 Å². The van der Waals surface area contributed by atoms with Gasteiger partial charge in [-0.2, -0.15) is 0 Å². The first-order chi connectivity index (χ1) is 15.0. The second-order valence-electron chi connectivity index (χ2n) is 8.31. The van der Waals surface area contributed by atoms with E-state index < -0.39 is 0 Å². The Hall–Kier alpha value is -2.54. The van der Waals surface area contributed by atoms with Crippen molar-refractivity contribution in [1.82, 2.24) is 14.8 Å². The Balaban J connectivity index is 1.28. The minimum absolute atomic E-state index is 0.0624. The summed E-state index contributed by atoms with van der Waals surface area (Å²) < 4.78 is 0. The van der Waals surface area contributed by atoms with Gasteiger partial charge in [-0.15, -0.1) is 11.3 Å².